The molecule has 0 bridgehead atoms. The van der Waals surface area contributed by atoms with Crippen molar-refractivity contribution in [3.8, 4) is 11.8 Å². The minimum Gasteiger partial charge on any atom is -0.483 e. The first-order valence-corrected chi connectivity index (χ1v) is 9.88. The molecule has 1 N–H and O–H groups in total. The smallest absolute Gasteiger partial charge is 0.262 e. The van der Waals surface area contributed by atoms with Gasteiger partial charge in [0.25, 0.3) is 5.91 Å². The minimum atomic E-state index is -0.252. The van der Waals surface area contributed by atoms with E-state index >= 15 is 0 Å². The van der Waals surface area contributed by atoms with Crippen LogP contribution in [0.2, 0.25) is 5.02 Å². The summed E-state index contributed by atoms with van der Waals surface area (Å²) in [4.78, 5) is 12.0. The normalized spacial score (nSPS) is 10.9. The van der Waals surface area contributed by atoms with Crippen molar-refractivity contribution in [1.82, 2.24) is 0 Å². The molecule has 144 valence electrons. The number of carbonyl (C=O) groups excluding carboxylic acids is 1. The lowest BCUT2D eigenvalue weighted by Crippen LogP contribution is -2.20. The number of halogens is 2. The molecule has 4 nitrogen and oxygen atoms in total. The zero-order chi connectivity index (χ0) is 20.6. The fourth-order valence-electron chi connectivity index (χ4n) is 2.60. The molecule has 0 saturated heterocycles. The molecule has 3 rings (SSSR count). The Hall–Kier alpha value is -3.07. The monoisotopic (exact) mass is 466 g/mol. The Labute approximate surface area is 182 Å². The molecule has 0 aliphatic heterocycles. The largest absolute Gasteiger partial charge is 0.483 e. The van der Waals surface area contributed by atoms with Gasteiger partial charge in [0.15, 0.2) is 6.61 Å². The Kier molecular flexibility index (Phi) is 7.07. The summed E-state index contributed by atoms with van der Waals surface area (Å²) in [6, 6.07) is 23.9. The predicted octanol–water partition coefficient (Wildman–Crippen LogP) is 6.18. The highest BCUT2D eigenvalue weighted by Crippen LogP contribution is 2.29. The van der Waals surface area contributed by atoms with E-state index in [2.05, 4.69) is 27.3 Å². The number of benzene rings is 3. The van der Waals surface area contributed by atoms with Crippen molar-refractivity contribution in [2.45, 2.75) is 0 Å². The molecule has 0 fully saturated rings. The third-order valence-corrected chi connectivity index (χ3v) is 4.92. The Morgan fingerprint density at radius 1 is 1.10 bits per heavy atom. The number of para-hydroxylation sites is 1. The van der Waals surface area contributed by atoms with Crippen LogP contribution in [0.1, 0.15) is 11.1 Å². The van der Waals surface area contributed by atoms with Crippen molar-refractivity contribution in [1.29, 1.82) is 5.26 Å². The van der Waals surface area contributed by atoms with Gasteiger partial charge in [0, 0.05) is 16.3 Å². The number of nitriles is 1. The van der Waals surface area contributed by atoms with Crippen molar-refractivity contribution in [2.75, 3.05) is 11.9 Å². The molecule has 6 heteroatoms. The number of hydrogen-bond acceptors (Lipinski definition) is 3. The number of allylic oxidation sites excluding steroid dienone is 1. The summed E-state index contributed by atoms with van der Waals surface area (Å²) in [6.45, 7) is -0.119. The predicted molar refractivity (Wildman–Crippen MR) is 120 cm³/mol. The van der Waals surface area contributed by atoms with Gasteiger partial charge in [-0.25, -0.2) is 0 Å². The first-order valence-electron chi connectivity index (χ1n) is 8.71. The van der Waals surface area contributed by atoms with Crippen LogP contribution < -0.4 is 10.1 Å². The third-order valence-electron chi connectivity index (χ3n) is 3.97. The van der Waals surface area contributed by atoms with E-state index in [0.717, 1.165) is 5.56 Å². The standard InChI is InChI=1S/C23H16BrClN2O2/c24-20-13-16(12-17(14-26)19-8-4-5-9-21(19)25)10-11-22(20)29-15-23(28)27-18-6-2-1-3-7-18/h1-13H,15H2,(H,27,28). The maximum Gasteiger partial charge on any atom is 0.262 e. The summed E-state index contributed by atoms with van der Waals surface area (Å²) in [5.41, 5.74) is 2.64. The van der Waals surface area contributed by atoms with Crippen molar-refractivity contribution in [2.24, 2.45) is 0 Å². The molecule has 0 aromatic heterocycles. The zero-order valence-corrected chi connectivity index (χ0v) is 17.6. The maximum absolute atomic E-state index is 12.0. The van der Waals surface area contributed by atoms with Gasteiger partial charge in [0.2, 0.25) is 0 Å². The minimum absolute atomic E-state index is 0.119. The second-order valence-corrected chi connectivity index (χ2v) is 7.30. The summed E-state index contributed by atoms with van der Waals surface area (Å²) in [5, 5.41) is 12.8. The van der Waals surface area contributed by atoms with Crippen LogP contribution in [-0.4, -0.2) is 12.5 Å². The molecule has 0 unspecified atom stereocenters. The van der Waals surface area contributed by atoms with Gasteiger partial charge in [-0.2, -0.15) is 5.26 Å². The third kappa shape index (κ3) is 5.71. The summed E-state index contributed by atoms with van der Waals surface area (Å²) in [6.07, 6.45) is 1.75. The van der Waals surface area contributed by atoms with Crippen LogP contribution in [0.5, 0.6) is 5.75 Å². The van der Waals surface area contributed by atoms with Gasteiger partial charge in [0.05, 0.1) is 16.1 Å². The molecule has 3 aromatic carbocycles. The van der Waals surface area contributed by atoms with Gasteiger partial charge in [-0.05, 0) is 57.9 Å². The van der Waals surface area contributed by atoms with Gasteiger partial charge in [-0.1, -0.05) is 54.1 Å². The summed E-state index contributed by atoms with van der Waals surface area (Å²) >= 11 is 9.64. The number of nitrogens with one attached hydrogen (secondary N) is 1. The topological polar surface area (TPSA) is 62.1 Å². The molecule has 0 spiro atoms. The molecule has 0 radical (unpaired) electrons. The quantitative estimate of drug-likeness (QED) is 0.347. The van der Waals surface area contributed by atoms with E-state index in [4.69, 9.17) is 16.3 Å². The van der Waals surface area contributed by atoms with E-state index in [1.165, 1.54) is 0 Å². The number of nitrogens with zero attached hydrogens (tertiary/aromatic N) is 1. The molecule has 3 aromatic rings. The van der Waals surface area contributed by atoms with Gasteiger partial charge in [-0.15, -0.1) is 0 Å². The zero-order valence-electron chi connectivity index (χ0n) is 15.2. The van der Waals surface area contributed by atoms with Crippen molar-refractivity contribution in [3.63, 3.8) is 0 Å². The number of ether oxygens (including phenoxy) is 1. The van der Waals surface area contributed by atoms with Crippen LogP contribution in [0.25, 0.3) is 11.6 Å². The first-order chi connectivity index (χ1) is 14.1. The van der Waals surface area contributed by atoms with E-state index in [1.807, 2.05) is 42.5 Å². The fourth-order valence-corrected chi connectivity index (χ4v) is 3.35. The second-order valence-electron chi connectivity index (χ2n) is 6.04. The second kappa shape index (κ2) is 9.92. The molecule has 0 saturated carbocycles. The number of amides is 1. The average molecular weight is 468 g/mol. The van der Waals surface area contributed by atoms with E-state index in [-0.39, 0.29) is 12.5 Å². The number of carbonyl (C=O) groups is 1. The van der Waals surface area contributed by atoms with Crippen molar-refractivity contribution in [3.05, 3.63) is 93.4 Å². The van der Waals surface area contributed by atoms with Crippen LogP contribution in [0.15, 0.2) is 77.3 Å². The van der Waals surface area contributed by atoms with E-state index in [0.29, 0.717) is 32.1 Å². The number of anilines is 1. The SMILES string of the molecule is N#CC(=Cc1ccc(OCC(=O)Nc2ccccc2)c(Br)c1)c1ccccc1Cl. The van der Waals surface area contributed by atoms with Crippen LogP contribution in [-0.2, 0) is 4.79 Å². The fraction of sp³-hybridized carbons (Fsp3) is 0.0435. The van der Waals surface area contributed by atoms with Crippen molar-refractivity contribution < 1.29 is 9.53 Å². The number of hydrogen-bond donors (Lipinski definition) is 1. The van der Waals surface area contributed by atoms with Gasteiger partial charge < -0.3 is 10.1 Å². The lowest BCUT2D eigenvalue weighted by atomic mass is 10.0. The Morgan fingerprint density at radius 3 is 2.52 bits per heavy atom. The van der Waals surface area contributed by atoms with Crippen LogP contribution >= 0.6 is 27.5 Å². The van der Waals surface area contributed by atoms with E-state index in [9.17, 15) is 10.1 Å². The Morgan fingerprint density at radius 2 is 1.83 bits per heavy atom. The molecular formula is C23H16BrClN2O2. The van der Waals surface area contributed by atoms with Crippen LogP contribution in [0, 0.1) is 11.3 Å². The Balaban J connectivity index is 1.69. The molecular weight excluding hydrogens is 452 g/mol. The highest BCUT2D eigenvalue weighted by atomic mass is 79.9. The highest BCUT2D eigenvalue weighted by Gasteiger charge is 2.09. The van der Waals surface area contributed by atoms with Crippen LogP contribution in [0.4, 0.5) is 5.69 Å². The summed E-state index contributed by atoms with van der Waals surface area (Å²) < 4.78 is 6.27. The summed E-state index contributed by atoms with van der Waals surface area (Å²) in [7, 11) is 0. The van der Waals surface area contributed by atoms with E-state index < -0.39 is 0 Å². The molecule has 29 heavy (non-hydrogen) atoms. The molecule has 0 heterocycles. The van der Waals surface area contributed by atoms with Gasteiger partial charge in [-0.3, -0.25) is 4.79 Å². The van der Waals surface area contributed by atoms with Gasteiger partial charge in [0.1, 0.15) is 5.75 Å². The lowest BCUT2D eigenvalue weighted by Gasteiger charge is -2.10. The van der Waals surface area contributed by atoms with Crippen molar-refractivity contribution >= 4 is 50.8 Å². The first kappa shape index (κ1) is 20.7. The molecule has 0 aliphatic carbocycles. The Bertz CT molecular complexity index is 1090. The molecule has 0 aliphatic rings. The lowest BCUT2D eigenvalue weighted by molar-refractivity contribution is -0.118. The molecule has 1 amide bonds. The average Bonchev–Trinajstić information content (AvgIpc) is 2.73. The maximum atomic E-state index is 12.0. The molecule has 0 atom stereocenters. The summed E-state index contributed by atoms with van der Waals surface area (Å²) in [5.74, 6) is 0.277. The van der Waals surface area contributed by atoms with Gasteiger partial charge >= 0.3 is 0 Å². The highest BCUT2D eigenvalue weighted by molar-refractivity contribution is 9.10. The number of rotatable bonds is 6. The van der Waals surface area contributed by atoms with E-state index in [1.54, 1.807) is 36.4 Å². The van der Waals surface area contributed by atoms with Crippen LogP contribution in [0.3, 0.4) is 0 Å².